The maximum atomic E-state index is 11.1. The van der Waals surface area contributed by atoms with Gasteiger partial charge in [-0.25, -0.2) is 0 Å². The molecule has 0 aliphatic heterocycles. The zero-order chi connectivity index (χ0) is 7.56. The van der Waals surface area contributed by atoms with Crippen LogP contribution >= 0.6 is 11.3 Å². The Morgan fingerprint density at radius 2 is 2.50 bits per heavy atom. The van der Waals surface area contributed by atoms with Crippen LogP contribution in [-0.2, 0) is 0 Å². The molecule has 0 saturated heterocycles. The molecule has 2 N–H and O–H groups in total. The van der Waals surface area contributed by atoms with Gasteiger partial charge in [-0.3, -0.25) is 4.79 Å². The minimum Gasteiger partial charge on any atom is -0.321 e. The Morgan fingerprint density at radius 3 is 2.90 bits per heavy atom. The maximum absolute atomic E-state index is 11.1. The molecule has 0 aliphatic carbocycles. The van der Waals surface area contributed by atoms with Crippen molar-refractivity contribution in [3.8, 4) is 0 Å². The molecule has 0 aromatic carbocycles. The van der Waals surface area contributed by atoms with Gasteiger partial charge in [0.05, 0.1) is 10.9 Å². The molecule has 0 spiro atoms. The molecule has 10 heavy (non-hydrogen) atoms. The summed E-state index contributed by atoms with van der Waals surface area (Å²) in [5.41, 5.74) is 5.38. The van der Waals surface area contributed by atoms with Gasteiger partial charge in [0.1, 0.15) is 0 Å². The summed E-state index contributed by atoms with van der Waals surface area (Å²) in [6, 6.07) is 3.26. The minimum atomic E-state index is -0.376. The van der Waals surface area contributed by atoms with E-state index in [0.717, 1.165) is 4.88 Å². The lowest BCUT2D eigenvalue weighted by molar-refractivity contribution is 0.0972. The number of nitrogens with two attached hydrogens (primary N) is 1. The van der Waals surface area contributed by atoms with Crippen molar-refractivity contribution in [2.24, 2.45) is 5.73 Å². The van der Waals surface area contributed by atoms with E-state index in [4.69, 9.17) is 5.73 Å². The van der Waals surface area contributed by atoms with Crippen LogP contribution < -0.4 is 5.73 Å². The van der Waals surface area contributed by atoms with Crippen molar-refractivity contribution in [3.63, 3.8) is 0 Å². The van der Waals surface area contributed by atoms with Crippen LogP contribution in [-0.4, -0.2) is 11.8 Å². The Bertz CT molecular complexity index is 216. The highest BCUT2D eigenvalue weighted by molar-refractivity contribution is 7.12. The third kappa shape index (κ3) is 1.43. The molecule has 0 radical (unpaired) electrons. The van der Waals surface area contributed by atoms with Crippen molar-refractivity contribution < 1.29 is 4.79 Å². The van der Waals surface area contributed by atoms with Crippen molar-refractivity contribution in [3.05, 3.63) is 22.4 Å². The fraction of sp³-hybridized carbons (Fsp3) is 0.286. The molecule has 1 atom stereocenters. The minimum absolute atomic E-state index is 0.0231. The number of hydrogen-bond acceptors (Lipinski definition) is 3. The molecule has 1 rings (SSSR count). The van der Waals surface area contributed by atoms with Crippen LogP contribution in [0.5, 0.6) is 0 Å². The Morgan fingerprint density at radius 1 is 1.80 bits per heavy atom. The average Bonchev–Trinajstić information content (AvgIpc) is 2.36. The van der Waals surface area contributed by atoms with Gasteiger partial charge in [0.15, 0.2) is 5.78 Å². The molecule has 3 heteroatoms. The van der Waals surface area contributed by atoms with E-state index in [0.29, 0.717) is 0 Å². The maximum Gasteiger partial charge on any atom is 0.189 e. The van der Waals surface area contributed by atoms with Gasteiger partial charge in [-0.2, -0.15) is 0 Å². The van der Waals surface area contributed by atoms with E-state index in [9.17, 15) is 4.79 Å². The van der Waals surface area contributed by atoms with Crippen LogP contribution in [0.3, 0.4) is 0 Å². The van der Waals surface area contributed by atoms with Crippen LogP contribution in [0.2, 0.25) is 0 Å². The van der Waals surface area contributed by atoms with Crippen LogP contribution in [0.1, 0.15) is 16.6 Å². The van der Waals surface area contributed by atoms with Crippen molar-refractivity contribution in [1.82, 2.24) is 0 Å². The molecule has 0 aliphatic rings. The summed E-state index contributed by atoms with van der Waals surface area (Å²) in [5.74, 6) is 0.0231. The summed E-state index contributed by atoms with van der Waals surface area (Å²) in [6.45, 7) is 1.70. The first-order valence-electron chi connectivity index (χ1n) is 3.05. The average molecular weight is 155 g/mol. The second-order valence-corrected chi connectivity index (χ2v) is 3.08. The molecule has 1 unspecified atom stereocenters. The van der Waals surface area contributed by atoms with Gasteiger partial charge in [-0.1, -0.05) is 6.07 Å². The number of carbonyl (C=O) groups is 1. The lowest BCUT2D eigenvalue weighted by Crippen LogP contribution is -2.25. The fourth-order valence-corrected chi connectivity index (χ4v) is 1.41. The predicted octanol–water partition coefficient (Wildman–Crippen LogP) is 1.28. The van der Waals surface area contributed by atoms with Crippen LogP contribution in [0.15, 0.2) is 17.5 Å². The van der Waals surface area contributed by atoms with E-state index in [2.05, 4.69) is 0 Å². The lowest BCUT2D eigenvalue weighted by Gasteiger charge is -1.98. The summed E-state index contributed by atoms with van der Waals surface area (Å²) in [7, 11) is 0. The van der Waals surface area contributed by atoms with Crippen LogP contribution in [0, 0.1) is 0 Å². The Kier molecular flexibility index (Phi) is 2.19. The number of rotatable bonds is 2. The molecular weight excluding hydrogens is 146 g/mol. The number of ketones is 1. The fourth-order valence-electron chi connectivity index (χ4n) is 0.643. The molecule has 1 aromatic heterocycles. The standard InChI is InChI=1S/C7H9NOS/c1-5(8)7(9)6-3-2-4-10-6/h2-5H,8H2,1H3. The molecule has 0 saturated carbocycles. The highest BCUT2D eigenvalue weighted by atomic mass is 32.1. The van der Waals surface area contributed by atoms with Crippen molar-refractivity contribution in [2.45, 2.75) is 13.0 Å². The van der Waals surface area contributed by atoms with E-state index in [1.165, 1.54) is 11.3 Å². The van der Waals surface area contributed by atoms with Crippen LogP contribution in [0.4, 0.5) is 0 Å². The highest BCUT2D eigenvalue weighted by Crippen LogP contribution is 2.09. The van der Waals surface area contributed by atoms with E-state index in [1.807, 2.05) is 11.4 Å². The summed E-state index contributed by atoms with van der Waals surface area (Å²) in [6.07, 6.45) is 0. The number of carbonyl (C=O) groups excluding carboxylic acids is 1. The number of hydrogen-bond donors (Lipinski definition) is 1. The van der Waals surface area contributed by atoms with Gasteiger partial charge in [-0.05, 0) is 18.4 Å². The monoisotopic (exact) mass is 155 g/mol. The van der Waals surface area contributed by atoms with Crippen LogP contribution in [0.25, 0.3) is 0 Å². The van der Waals surface area contributed by atoms with Gasteiger partial charge in [-0.15, -0.1) is 11.3 Å². The topological polar surface area (TPSA) is 43.1 Å². The second-order valence-electron chi connectivity index (χ2n) is 2.13. The molecule has 2 nitrogen and oxygen atoms in total. The largest absolute Gasteiger partial charge is 0.321 e. The molecule has 0 bridgehead atoms. The van der Waals surface area contributed by atoms with Crippen molar-refractivity contribution in [2.75, 3.05) is 0 Å². The van der Waals surface area contributed by atoms with E-state index in [1.54, 1.807) is 13.0 Å². The van der Waals surface area contributed by atoms with Crippen molar-refractivity contribution in [1.29, 1.82) is 0 Å². The zero-order valence-electron chi connectivity index (χ0n) is 5.70. The summed E-state index contributed by atoms with van der Waals surface area (Å²) < 4.78 is 0. The second kappa shape index (κ2) is 2.94. The first kappa shape index (κ1) is 7.44. The molecular formula is C7H9NOS. The summed E-state index contributed by atoms with van der Waals surface area (Å²) in [4.78, 5) is 11.8. The van der Waals surface area contributed by atoms with Gasteiger partial charge in [0.25, 0.3) is 0 Å². The Hall–Kier alpha value is -0.670. The van der Waals surface area contributed by atoms with Gasteiger partial charge in [0, 0.05) is 0 Å². The Labute approximate surface area is 63.7 Å². The van der Waals surface area contributed by atoms with Gasteiger partial charge >= 0.3 is 0 Å². The lowest BCUT2D eigenvalue weighted by atomic mass is 10.2. The number of thiophene rings is 1. The molecule has 1 heterocycles. The zero-order valence-corrected chi connectivity index (χ0v) is 6.52. The summed E-state index contributed by atoms with van der Waals surface area (Å²) >= 11 is 1.43. The smallest absolute Gasteiger partial charge is 0.189 e. The first-order valence-corrected chi connectivity index (χ1v) is 3.93. The third-order valence-corrected chi connectivity index (χ3v) is 2.06. The molecule has 0 fully saturated rings. The predicted molar refractivity (Wildman–Crippen MR) is 42.3 cm³/mol. The van der Waals surface area contributed by atoms with Gasteiger partial charge < -0.3 is 5.73 Å². The quantitative estimate of drug-likeness (QED) is 0.654. The van der Waals surface area contributed by atoms with Gasteiger partial charge in [0.2, 0.25) is 0 Å². The van der Waals surface area contributed by atoms with E-state index in [-0.39, 0.29) is 11.8 Å². The van der Waals surface area contributed by atoms with Crippen molar-refractivity contribution >= 4 is 17.1 Å². The SMILES string of the molecule is CC(N)C(=O)c1cccs1. The Balaban J connectivity index is 2.78. The normalized spacial score (nSPS) is 13.0. The highest BCUT2D eigenvalue weighted by Gasteiger charge is 2.10. The molecule has 1 aromatic rings. The van der Waals surface area contributed by atoms with E-state index >= 15 is 0 Å². The molecule has 0 amide bonds. The van der Waals surface area contributed by atoms with E-state index < -0.39 is 0 Å². The molecule has 54 valence electrons. The number of Topliss-reactive ketones (excluding diaryl/α,β-unsaturated/α-hetero) is 1. The third-order valence-electron chi connectivity index (χ3n) is 1.18. The summed E-state index contributed by atoms with van der Waals surface area (Å²) in [5, 5.41) is 1.87. The first-order chi connectivity index (χ1) is 4.72.